The molecule has 0 unspecified atom stereocenters. The average Bonchev–Trinajstić information content (AvgIpc) is 3.08. The van der Waals surface area contributed by atoms with E-state index in [0.29, 0.717) is 0 Å². The van der Waals surface area contributed by atoms with Gasteiger partial charge in [0.1, 0.15) is 39.3 Å². The average molecular weight is 357 g/mol. The second-order valence-electron chi connectivity index (χ2n) is 8.16. The van der Waals surface area contributed by atoms with Gasteiger partial charge < -0.3 is 9.80 Å². The van der Waals surface area contributed by atoms with E-state index < -0.39 is 0 Å². The van der Waals surface area contributed by atoms with Gasteiger partial charge in [0.05, 0.1) is 0 Å². The largest absolute Gasteiger partial charge is 0.322 e. The summed E-state index contributed by atoms with van der Waals surface area (Å²) >= 11 is 0. The van der Waals surface area contributed by atoms with Crippen LogP contribution in [-0.2, 0) is 19.5 Å². The van der Waals surface area contributed by atoms with Crippen molar-refractivity contribution in [3.63, 3.8) is 0 Å². The van der Waals surface area contributed by atoms with Gasteiger partial charge in [0, 0.05) is 11.1 Å². The number of fused-ring (bicyclic) bond motifs is 3. The maximum absolute atomic E-state index is 2.46. The third-order valence-electron chi connectivity index (χ3n) is 6.27. The van der Waals surface area contributed by atoms with Gasteiger partial charge in [-0.25, -0.2) is 0 Å². The molecule has 1 heterocycles. The topological polar surface area (TPSA) is 8.88 Å². The lowest BCUT2D eigenvalue weighted by molar-refractivity contribution is -1.02. The minimum absolute atomic E-state index is 1.10. The van der Waals surface area contributed by atoms with E-state index in [9.17, 15) is 0 Å². The molecule has 0 atom stereocenters. The van der Waals surface area contributed by atoms with Gasteiger partial charge in [0.2, 0.25) is 0 Å². The molecule has 136 valence electrons. The predicted molar refractivity (Wildman–Crippen MR) is 110 cm³/mol. The Labute approximate surface area is 162 Å². The monoisotopic (exact) mass is 356 g/mol. The minimum atomic E-state index is 1.10. The lowest BCUT2D eigenvalue weighted by Gasteiger charge is -2.30. The van der Waals surface area contributed by atoms with Gasteiger partial charge in [-0.05, 0) is 34.7 Å². The van der Waals surface area contributed by atoms with Gasteiger partial charge in [-0.3, -0.25) is 0 Å². The standard InChI is InChI=1S/C25H26N2/c1-2-6-20(7-3-1)18-26-12-14-27(15-13-26)19-21-10-11-25-23(16-21)17-22-8-4-5-9-24(22)25/h1-11,16H,12-15,17-19H2/p+2. The molecule has 0 radical (unpaired) electrons. The van der Waals surface area contributed by atoms with Crippen LogP contribution in [0, 0.1) is 0 Å². The summed E-state index contributed by atoms with van der Waals surface area (Å²) < 4.78 is 0. The molecule has 2 heteroatoms. The third kappa shape index (κ3) is 3.55. The number of quaternary nitrogens is 2. The quantitative estimate of drug-likeness (QED) is 0.551. The number of rotatable bonds is 4. The summed E-state index contributed by atoms with van der Waals surface area (Å²) in [6.45, 7) is 7.45. The number of hydrogen-bond donors (Lipinski definition) is 2. The van der Waals surface area contributed by atoms with Crippen molar-refractivity contribution < 1.29 is 9.80 Å². The van der Waals surface area contributed by atoms with Gasteiger partial charge in [-0.15, -0.1) is 0 Å². The van der Waals surface area contributed by atoms with Crippen molar-refractivity contribution in [3.8, 4) is 11.1 Å². The van der Waals surface area contributed by atoms with Crippen LogP contribution in [0.25, 0.3) is 11.1 Å². The first-order valence-corrected chi connectivity index (χ1v) is 10.3. The first kappa shape index (κ1) is 16.7. The lowest BCUT2D eigenvalue weighted by Crippen LogP contribution is -3.27. The Morgan fingerprint density at radius 3 is 1.96 bits per heavy atom. The van der Waals surface area contributed by atoms with E-state index in [1.54, 1.807) is 9.80 Å². The van der Waals surface area contributed by atoms with Gasteiger partial charge in [-0.1, -0.05) is 66.7 Å². The van der Waals surface area contributed by atoms with Crippen molar-refractivity contribution >= 4 is 0 Å². The molecule has 1 fully saturated rings. The molecule has 0 saturated carbocycles. The molecule has 2 aliphatic rings. The Morgan fingerprint density at radius 2 is 1.19 bits per heavy atom. The van der Waals surface area contributed by atoms with Crippen LogP contribution in [0.1, 0.15) is 22.3 Å². The second kappa shape index (κ2) is 7.30. The summed E-state index contributed by atoms with van der Waals surface area (Å²) in [5, 5.41) is 0. The highest BCUT2D eigenvalue weighted by atomic mass is 15.3. The van der Waals surface area contributed by atoms with Gasteiger partial charge in [0.15, 0.2) is 0 Å². The smallest absolute Gasteiger partial charge is 0.127 e. The highest BCUT2D eigenvalue weighted by Gasteiger charge is 2.24. The van der Waals surface area contributed by atoms with Crippen LogP contribution in [-0.4, -0.2) is 26.2 Å². The number of benzene rings is 3. The first-order valence-electron chi connectivity index (χ1n) is 10.3. The normalized spacial score (nSPS) is 20.9. The van der Waals surface area contributed by atoms with Crippen LogP contribution in [0.4, 0.5) is 0 Å². The highest BCUT2D eigenvalue weighted by molar-refractivity contribution is 5.76. The number of piperazine rings is 1. The van der Waals surface area contributed by atoms with Crippen molar-refractivity contribution in [1.29, 1.82) is 0 Å². The third-order valence-corrected chi connectivity index (χ3v) is 6.27. The Hall–Kier alpha value is -2.42. The maximum atomic E-state index is 2.46. The van der Waals surface area contributed by atoms with Crippen molar-refractivity contribution in [2.75, 3.05) is 26.2 Å². The van der Waals surface area contributed by atoms with Crippen LogP contribution in [0.3, 0.4) is 0 Å². The molecule has 1 aliphatic heterocycles. The Bertz CT molecular complexity index is 924. The predicted octanol–water partition coefficient (Wildman–Crippen LogP) is 1.74. The lowest BCUT2D eigenvalue weighted by atomic mass is 10.0. The first-order chi connectivity index (χ1) is 13.3. The highest BCUT2D eigenvalue weighted by Crippen LogP contribution is 2.36. The minimum Gasteiger partial charge on any atom is -0.322 e. The molecule has 0 aromatic heterocycles. The maximum Gasteiger partial charge on any atom is 0.127 e. The molecule has 1 saturated heterocycles. The SMILES string of the molecule is c1ccc(C[NH+]2CC[NH+](Cc3ccc4c(c3)Cc3ccccc3-4)CC2)cc1. The van der Waals surface area contributed by atoms with Crippen LogP contribution >= 0.6 is 0 Å². The van der Waals surface area contributed by atoms with Crippen molar-refractivity contribution in [2.24, 2.45) is 0 Å². The fourth-order valence-corrected chi connectivity index (χ4v) is 4.79. The molecule has 2 nitrogen and oxygen atoms in total. The van der Waals surface area contributed by atoms with E-state index in [1.165, 1.54) is 72.6 Å². The van der Waals surface area contributed by atoms with E-state index >= 15 is 0 Å². The van der Waals surface area contributed by atoms with Crippen LogP contribution in [0.15, 0.2) is 72.8 Å². The zero-order valence-corrected chi connectivity index (χ0v) is 15.9. The van der Waals surface area contributed by atoms with Crippen molar-refractivity contribution in [3.05, 3.63) is 95.1 Å². The molecule has 0 amide bonds. The Morgan fingerprint density at radius 1 is 0.556 bits per heavy atom. The van der Waals surface area contributed by atoms with E-state index in [4.69, 9.17) is 0 Å². The summed E-state index contributed by atoms with van der Waals surface area (Å²) in [4.78, 5) is 3.47. The van der Waals surface area contributed by atoms with Crippen LogP contribution in [0.2, 0.25) is 0 Å². The molecule has 3 aromatic rings. The summed E-state index contributed by atoms with van der Waals surface area (Å²) in [6, 6.07) is 27.0. The Balaban J connectivity index is 1.20. The molecular weight excluding hydrogens is 328 g/mol. The zero-order valence-electron chi connectivity index (χ0n) is 15.9. The molecule has 5 rings (SSSR count). The summed E-state index contributed by atoms with van der Waals surface area (Å²) in [6.07, 6.45) is 1.10. The number of nitrogens with one attached hydrogen (secondary N) is 2. The van der Waals surface area contributed by atoms with Crippen molar-refractivity contribution in [2.45, 2.75) is 19.5 Å². The van der Waals surface area contributed by atoms with Gasteiger partial charge in [-0.2, -0.15) is 0 Å². The molecule has 27 heavy (non-hydrogen) atoms. The van der Waals surface area contributed by atoms with E-state index in [2.05, 4.69) is 72.8 Å². The fourth-order valence-electron chi connectivity index (χ4n) is 4.79. The second-order valence-corrected chi connectivity index (χ2v) is 8.16. The summed E-state index contributed by atoms with van der Waals surface area (Å²) in [5.74, 6) is 0. The van der Waals surface area contributed by atoms with Gasteiger partial charge >= 0.3 is 0 Å². The summed E-state index contributed by atoms with van der Waals surface area (Å²) in [7, 11) is 0. The molecule has 0 bridgehead atoms. The summed E-state index contributed by atoms with van der Waals surface area (Å²) in [5.41, 5.74) is 8.85. The molecular formula is C25H28N2+2. The fraction of sp³-hybridized carbons (Fsp3) is 0.280. The van der Waals surface area contributed by atoms with Crippen LogP contribution < -0.4 is 9.80 Å². The van der Waals surface area contributed by atoms with E-state index in [-0.39, 0.29) is 0 Å². The van der Waals surface area contributed by atoms with Gasteiger partial charge in [0.25, 0.3) is 0 Å². The molecule has 3 aromatic carbocycles. The van der Waals surface area contributed by atoms with E-state index in [0.717, 1.165) is 6.42 Å². The number of hydrogen-bond acceptors (Lipinski definition) is 0. The van der Waals surface area contributed by atoms with Crippen molar-refractivity contribution in [1.82, 2.24) is 0 Å². The van der Waals surface area contributed by atoms with Crippen LogP contribution in [0.5, 0.6) is 0 Å². The molecule has 1 aliphatic carbocycles. The Kier molecular flexibility index (Phi) is 4.52. The van der Waals surface area contributed by atoms with E-state index in [1.807, 2.05) is 0 Å². The zero-order chi connectivity index (χ0) is 18.1. The molecule has 2 N–H and O–H groups in total. The molecule has 0 spiro atoms.